The highest BCUT2D eigenvalue weighted by Crippen LogP contribution is 2.29. The van der Waals surface area contributed by atoms with Crippen LogP contribution >= 0.6 is 0 Å². The van der Waals surface area contributed by atoms with Crippen molar-refractivity contribution in [2.24, 2.45) is 0 Å². The van der Waals surface area contributed by atoms with Gasteiger partial charge in [-0.05, 0) is 49.9 Å². The van der Waals surface area contributed by atoms with Crippen LogP contribution in [0.1, 0.15) is 43.2 Å². The summed E-state index contributed by atoms with van der Waals surface area (Å²) in [7, 11) is 1.36. The zero-order valence-corrected chi connectivity index (χ0v) is 14.1. The molecule has 1 aliphatic carbocycles. The van der Waals surface area contributed by atoms with Crippen LogP contribution in [0.4, 0.5) is 0 Å². The summed E-state index contributed by atoms with van der Waals surface area (Å²) in [4.78, 5) is 24.3. The molecule has 1 aliphatic rings. The summed E-state index contributed by atoms with van der Waals surface area (Å²) in [6.07, 6.45) is 4.14. The molecule has 126 valence electrons. The second-order valence-electron chi connectivity index (χ2n) is 6.22. The van der Waals surface area contributed by atoms with Gasteiger partial charge < -0.3 is 14.8 Å². The summed E-state index contributed by atoms with van der Waals surface area (Å²) >= 11 is 0. The Bertz CT molecular complexity index is 576. The normalized spacial score (nSPS) is 16.5. The van der Waals surface area contributed by atoms with Crippen LogP contribution in [0.5, 0.6) is 5.75 Å². The Kier molecular flexibility index (Phi) is 5.64. The maximum atomic E-state index is 12.2. The first-order valence-corrected chi connectivity index (χ1v) is 8.06. The average molecular weight is 319 g/mol. The molecule has 0 radical (unpaired) electrons. The van der Waals surface area contributed by atoms with E-state index < -0.39 is 5.54 Å². The molecule has 1 aromatic carbocycles. The molecule has 0 bridgehead atoms. The molecule has 5 heteroatoms. The summed E-state index contributed by atoms with van der Waals surface area (Å²) in [6, 6.07) is 5.70. The second-order valence-corrected chi connectivity index (χ2v) is 6.22. The van der Waals surface area contributed by atoms with Gasteiger partial charge in [0, 0.05) is 0 Å². The third kappa shape index (κ3) is 4.24. The van der Waals surface area contributed by atoms with Crippen molar-refractivity contribution in [2.45, 2.75) is 51.5 Å². The summed E-state index contributed by atoms with van der Waals surface area (Å²) in [5.41, 5.74) is 1.39. The minimum Gasteiger partial charge on any atom is -0.484 e. The van der Waals surface area contributed by atoms with E-state index >= 15 is 0 Å². The molecule has 5 nitrogen and oxygen atoms in total. The van der Waals surface area contributed by atoms with E-state index in [4.69, 9.17) is 9.47 Å². The highest BCUT2D eigenvalue weighted by Gasteiger charge is 2.41. The van der Waals surface area contributed by atoms with Gasteiger partial charge in [-0.1, -0.05) is 25.3 Å². The molecule has 0 atom stereocenters. The van der Waals surface area contributed by atoms with Gasteiger partial charge in [0.1, 0.15) is 11.3 Å². The lowest BCUT2D eigenvalue weighted by Crippen LogP contribution is -2.57. The number of ether oxygens (including phenoxy) is 2. The van der Waals surface area contributed by atoms with E-state index in [0.29, 0.717) is 18.6 Å². The van der Waals surface area contributed by atoms with Gasteiger partial charge in [-0.15, -0.1) is 0 Å². The van der Waals surface area contributed by atoms with Crippen LogP contribution in [0.3, 0.4) is 0 Å². The Balaban J connectivity index is 1.96. The van der Waals surface area contributed by atoms with Gasteiger partial charge in [0.2, 0.25) is 0 Å². The molecule has 1 aromatic rings. The van der Waals surface area contributed by atoms with Gasteiger partial charge in [-0.25, -0.2) is 4.79 Å². The summed E-state index contributed by atoms with van der Waals surface area (Å²) < 4.78 is 10.4. The number of aryl methyl sites for hydroxylation is 2. The van der Waals surface area contributed by atoms with E-state index in [2.05, 4.69) is 5.32 Å². The lowest BCUT2D eigenvalue weighted by atomic mass is 9.81. The number of nitrogens with one attached hydrogen (secondary N) is 1. The first kappa shape index (κ1) is 17.3. The molecule has 1 amide bonds. The molecule has 2 rings (SSSR count). The van der Waals surface area contributed by atoms with Crippen LogP contribution in [0, 0.1) is 13.8 Å². The fraction of sp³-hybridized carbons (Fsp3) is 0.556. The fourth-order valence-corrected chi connectivity index (χ4v) is 2.99. The topological polar surface area (TPSA) is 64.6 Å². The molecule has 1 saturated carbocycles. The zero-order chi connectivity index (χ0) is 16.9. The third-order valence-electron chi connectivity index (χ3n) is 4.51. The van der Waals surface area contributed by atoms with Crippen LogP contribution in [0.25, 0.3) is 0 Å². The molecule has 23 heavy (non-hydrogen) atoms. The van der Waals surface area contributed by atoms with E-state index in [0.717, 1.165) is 24.8 Å². The standard InChI is InChI=1S/C18H25NO4/c1-13-7-8-15(11-14(13)2)23-12-16(20)19-18(17(21)22-3)9-5-4-6-10-18/h7-8,11H,4-6,9-10,12H2,1-3H3,(H,19,20). The number of benzene rings is 1. The van der Waals surface area contributed by atoms with Gasteiger partial charge in [-0.2, -0.15) is 0 Å². The van der Waals surface area contributed by atoms with E-state index in [1.165, 1.54) is 12.7 Å². The van der Waals surface area contributed by atoms with E-state index in [1.54, 1.807) is 0 Å². The van der Waals surface area contributed by atoms with Crippen molar-refractivity contribution in [3.05, 3.63) is 29.3 Å². The van der Waals surface area contributed by atoms with Crippen molar-refractivity contribution in [2.75, 3.05) is 13.7 Å². The third-order valence-corrected chi connectivity index (χ3v) is 4.51. The van der Waals surface area contributed by atoms with Crippen LogP contribution in [-0.4, -0.2) is 31.1 Å². The number of rotatable bonds is 5. The fourth-order valence-electron chi connectivity index (χ4n) is 2.99. The number of methoxy groups -OCH3 is 1. The molecule has 0 spiro atoms. The SMILES string of the molecule is COC(=O)C1(NC(=O)COc2ccc(C)c(C)c2)CCCCC1. The molecule has 0 heterocycles. The summed E-state index contributed by atoms with van der Waals surface area (Å²) in [5.74, 6) is -0.00808. The van der Waals surface area contributed by atoms with Gasteiger partial charge in [0.15, 0.2) is 6.61 Å². The predicted molar refractivity (Wildman–Crippen MR) is 87.4 cm³/mol. The van der Waals surface area contributed by atoms with Crippen molar-refractivity contribution in [3.8, 4) is 5.75 Å². The van der Waals surface area contributed by atoms with Gasteiger partial charge in [0.05, 0.1) is 7.11 Å². The summed E-state index contributed by atoms with van der Waals surface area (Å²) in [6.45, 7) is 3.91. The Morgan fingerprint density at radius 2 is 1.83 bits per heavy atom. The second kappa shape index (κ2) is 7.49. The number of esters is 1. The lowest BCUT2D eigenvalue weighted by Gasteiger charge is -2.35. The maximum Gasteiger partial charge on any atom is 0.331 e. The zero-order valence-electron chi connectivity index (χ0n) is 14.1. The Labute approximate surface area is 137 Å². The number of hydrogen-bond donors (Lipinski definition) is 1. The minimum absolute atomic E-state index is 0.110. The highest BCUT2D eigenvalue weighted by atomic mass is 16.5. The van der Waals surface area contributed by atoms with E-state index in [9.17, 15) is 9.59 Å². The monoisotopic (exact) mass is 319 g/mol. The van der Waals surface area contributed by atoms with Crippen LogP contribution in [-0.2, 0) is 14.3 Å². The van der Waals surface area contributed by atoms with Gasteiger partial charge >= 0.3 is 5.97 Å². The largest absolute Gasteiger partial charge is 0.484 e. The minimum atomic E-state index is -0.892. The van der Waals surface area contributed by atoms with Crippen molar-refractivity contribution in [3.63, 3.8) is 0 Å². The molecule has 1 fully saturated rings. The lowest BCUT2D eigenvalue weighted by molar-refractivity contribution is -0.152. The number of carbonyl (C=O) groups is 2. The van der Waals surface area contributed by atoms with Gasteiger partial charge in [-0.3, -0.25) is 4.79 Å². The molecule has 0 saturated heterocycles. The molecule has 1 N–H and O–H groups in total. The van der Waals surface area contributed by atoms with Crippen LogP contribution in [0.2, 0.25) is 0 Å². The van der Waals surface area contributed by atoms with Crippen LogP contribution < -0.4 is 10.1 Å². The van der Waals surface area contributed by atoms with Crippen molar-refractivity contribution < 1.29 is 19.1 Å². The predicted octanol–water partition coefficient (Wildman–Crippen LogP) is 2.67. The van der Waals surface area contributed by atoms with Crippen molar-refractivity contribution in [1.82, 2.24) is 5.32 Å². The maximum absolute atomic E-state index is 12.2. The van der Waals surface area contributed by atoms with Crippen molar-refractivity contribution in [1.29, 1.82) is 0 Å². The number of carbonyl (C=O) groups excluding carboxylic acids is 2. The quantitative estimate of drug-likeness (QED) is 0.848. The number of amides is 1. The first-order valence-electron chi connectivity index (χ1n) is 8.06. The Hall–Kier alpha value is -2.04. The van der Waals surface area contributed by atoms with E-state index in [1.807, 2.05) is 32.0 Å². The van der Waals surface area contributed by atoms with E-state index in [-0.39, 0.29) is 18.5 Å². The Morgan fingerprint density at radius 1 is 1.13 bits per heavy atom. The molecule has 0 unspecified atom stereocenters. The highest BCUT2D eigenvalue weighted by molar-refractivity contribution is 5.88. The first-order chi connectivity index (χ1) is 11.0. The van der Waals surface area contributed by atoms with Crippen molar-refractivity contribution >= 4 is 11.9 Å². The Morgan fingerprint density at radius 3 is 2.43 bits per heavy atom. The average Bonchev–Trinajstić information content (AvgIpc) is 2.56. The molecular formula is C18H25NO4. The number of hydrogen-bond acceptors (Lipinski definition) is 4. The van der Waals surface area contributed by atoms with Crippen LogP contribution in [0.15, 0.2) is 18.2 Å². The molecule has 0 aliphatic heterocycles. The molecule has 0 aromatic heterocycles. The molecular weight excluding hydrogens is 294 g/mol. The smallest absolute Gasteiger partial charge is 0.331 e. The van der Waals surface area contributed by atoms with Gasteiger partial charge in [0.25, 0.3) is 5.91 Å². The summed E-state index contributed by atoms with van der Waals surface area (Å²) in [5, 5.41) is 2.84.